The van der Waals surface area contributed by atoms with Crippen LogP contribution < -0.4 is 0 Å². The fourth-order valence-corrected chi connectivity index (χ4v) is 2.28. The van der Waals surface area contributed by atoms with Crippen LogP contribution >= 0.6 is 11.6 Å². The van der Waals surface area contributed by atoms with Gasteiger partial charge in [-0.2, -0.15) is 0 Å². The van der Waals surface area contributed by atoms with E-state index < -0.39 is 0 Å². The van der Waals surface area contributed by atoms with Crippen LogP contribution in [0.25, 0.3) is 0 Å². The van der Waals surface area contributed by atoms with E-state index in [4.69, 9.17) is 11.6 Å². The van der Waals surface area contributed by atoms with E-state index in [-0.39, 0.29) is 11.2 Å². The summed E-state index contributed by atoms with van der Waals surface area (Å²) in [5, 5.41) is 0.0482. The quantitative estimate of drug-likeness (QED) is 0.691. The van der Waals surface area contributed by atoms with Crippen LogP contribution in [0.15, 0.2) is 54.6 Å². The standard InChI is InChI=1S/C16H16ClF/c17-15(10-9-13-5-2-1-3-6-13)11-14-7-4-8-16(18)12-14/h1-8,12,15H,9-11H2. The number of rotatable bonds is 5. The smallest absolute Gasteiger partial charge is 0.123 e. The lowest BCUT2D eigenvalue weighted by atomic mass is 10.0. The average Bonchev–Trinajstić information content (AvgIpc) is 2.38. The highest BCUT2D eigenvalue weighted by Crippen LogP contribution is 2.15. The van der Waals surface area contributed by atoms with Gasteiger partial charge in [0.2, 0.25) is 0 Å². The highest BCUT2D eigenvalue weighted by molar-refractivity contribution is 6.20. The molecule has 0 saturated carbocycles. The molecule has 0 aliphatic heterocycles. The van der Waals surface area contributed by atoms with Crippen molar-refractivity contribution in [2.24, 2.45) is 0 Å². The van der Waals surface area contributed by atoms with Crippen LogP contribution in [0.1, 0.15) is 17.5 Å². The fraction of sp³-hybridized carbons (Fsp3) is 0.250. The zero-order valence-electron chi connectivity index (χ0n) is 10.2. The lowest BCUT2D eigenvalue weighted by Crippen LogP contribution is -2.05. The zero-order valence-corrected chi connectivity index (χ0v) is 10.9. The van der Waals surface area contributed by atoms with Gasteiger partial charge in [0.15, 0.2) is 0 Å². The molecule has 18 heavy (non-hydrogen) atoms. The van der Waals surface area contributed by atoms with Gasteiger partial charge in [-0.05, 0) is 42.5 Å². The van der Waals surface area contributed by atoms with E-state index in [0.717, 1.165) is 18.4 Å². The first-order valence-electron chi connectivity index (χ1n) is 6.16. The highest BCUT2D eigenvalue weighted by atomic mass is 35.5. The van der Waals surface area contributed by atoms with Gasteiger partial charge in [0.05, 0.1) is 0 Å². The molecule has 2 rings (SSSR count). The lowest BCUT2D eigenvalue weighted by molar-refractivity contribution is 0.624. The molecule has 0 bridgehead atoms. The predicted molar refractivity (Wildman–Crippen MR) is 74.5 cm³/mol. The van der Waals surface area contributed by atoms with Crippen LogP contribution in [0.5, 0.6) is 0 Å². The summed E-state index contributed by atoms with van der Waals surface area (Å²) < 4.78 is 13.0. The van der Waals surface area contributed by atoms with Crippen molar-refractivity contribution in [2.75, 3.05) is 0 Å². The van der Waals surface area contributed by atoms with E-state index in [1.54, 1.807) is 12.1 Å². The van der Waals surface area contributed by atoms with Crippen LogP contribution in [0.3, 0.4) is 0 Å². The number of hydrogen-bond donors (Lipinski definition) is 0. The molecule has 1 unspecified atom stereocenters. The van der Waals surface area contributed by atoms with Gasteiger partial charge in [-0.15, -0.1) is 11.6 Å². The normalized spacial score (nSPS) is 12.3. The molecular weight excluding hydrogens is 247 g/mol. The molecule has 0 amide bonds. The van der Waals surface area contributed by atoms with Crippen molar-refractivity contribution in [3.05, 3.63) is 71.5 Å². The molecule has 0 saturated heterocycles. The minimum atomic E-state index is -0.195. The van der Waals surface area contributed by atoms with Gasteiger partial charge >= 0.3 is 0 Å². The van der Waals surface area contributed by atoms with Crippen LogP contribution in [0.4, 0.5) is 4.39 Å². The summed E-state index contributed by atoms with van der Waals surface area (Å²) in [5.41, 5.74) is 2.26. The summed E-state index contributed by atoms with van der Waals surface area (Å²) in [4.78, 5) is 0. The Morgan fingerprint density at radius 1 is 0.944 bits per heavy atom. The van der Waals surface area contributed by atoms with E-state index in [1.807, 2.05) is 24.3 Å². The van der Waals surface area contributed by atoms with Gasteiger partial charge < -0.3 is 0 Å². The Bertz CT molecular complexity index is 481. The molecule has 94 valence electrons. The van der Waals surface area contributed by atoms with E-state index in [2.05, 4.69) is 12.1 Å². The second-order valence-corrected chi connectivity index (χ2v) is 5.07. The van der Waals surface area contributed by atoms with Crippen LogP contribution in [-0.4, -0.2) is 5.38 Å². The molecule has 0 radical (unpaired) electrons. The lowest BCUT2D eigenvalue weighted by Gasteiger charge is -2.09. The van der Waals surface area contributed by atoms with Gasteiger partial charge in [0, 0.05) is 5.38 Å². The van der Waals surface area contributed by atoms with Crippen LogP contribution in [0.2, 0.25) is 0 Å². The predicted octanol–water partition coefficient (Wildman–Crippen LogP) is 4.61. The summed E-state index contributed by atoms with van der Waals surface area (Å²) in [5.74, 6) is -0.195. The Kier molecular flexibility index (Phi) is 4.77. The van der Waals surface area contributed by atoms with Crippen molar-refractivity contribution in [1.29, 1.82) is 0 Å². The fourth-order valence-electron chi connectivity index (χ4n) is 1.99. The SMILES string of the molecule is Fc1cccc(CC(Cl)CCc2ccccc2)c1. The Hall–Kier alpha value is -1.34. The molecule has 0 aliphatic carbocycles. The first kappa shape index (κ1) is 13.1. The summed E-state index contributed by atoms with van der Waals surface area (Å²) in [6.07, 6.45) is 2.58. The maximum absolute atomic E-state index is 13.0. The van der Waals surface area contributed by atoms with Gasteiger partial charge in [-0.25, -0.2) is 4.39 Å². The van der Waals surface area contributed by atoms with Gasteiger partial charge in [-0.3, -0.25) is 0 Å². The molecule has 0 heterocycles. The Morgan fingerprint density at radius 3 is 2.39 bits per heavy atom. The molecule has 0 spiro atoms. The summed E-state index contributed by atoms with van der Waals surface area (Å²) in [6.45, 7) is 0. The third kappa shape index (κ3) is 4.15. The molecule has 0 N–H and O–H groups in total. The number of aryl methyl sites for hydroxylation is 1. The Labute approximate surface area is 112 Å². The molecule has 0 aliphatic rings. The maximum atomic E-state index is 13.0. The molecular formula is C16H16ClF. The van der Waals surface area contributed by atoms with Crippen LogP contribution in [-0.2, 0) is 12.8 Å². The van der Waals surface area contributed by atoms with Gasteiger partial charge in [-0.1, -0.05) is 42.5 Å². The third-order valence-corrected chi connectivity index (χ3v) is 3.31. The van der Waals surface area contributed by atoms with E-state index in [1.165, 1.54) is 11.6 Å². The summed E-state index contributed by atoms with van der Waals surface area (Å²) >= 11 is 6.30. The van der Waals surface area contributed by atoms with E-state index in [0.29, 0.717) is 6.42 Å². The van der Waals surface area contributed by atoms with E-state index in [9.17, 15) is 4.39 Å². The number of alkyl halides is 1. The topological polar surface area (TPSA) is 0 Å². The number of hydrogen-bond acceptors (Lipinski definition) is 0. The molecule has 2 aromatic rings. The van der Waals surface area contributed by atoms with Crippen molar-refractivity contribution < 1.29 is 4.39 Å². The second kappa shape index (κ2) is 6.55. The molecule has 0 fully saturated rings. The van der Waals surface area contributed by atoms with Gasteiger partial charge in [0.25, 0.3) is 0 Å². The van der Waals surface area contributed by atoms with Crippen molar-refractivity contribution in [2.45, 2.75) is 24.6 Å². The Morgan fingerprint density at radius 2 is 1.67 bits per heavy atom. The summed E-state index contributed by atoms with van der Waals surface area (Å²) in [7, 11) is 0. The van der Waals surface area contributed by atoms with Crippen LogP contribution in [0, 0.1) is 5.82 Å². The van der Waals surface area contributed by atoms with Gasteiger partial charge in [0.1, 0.15) is 5.82 Å². The Balaban J connectivity index is 1.84. The first-order chi connectivity index (χ1) is 8.74. The highest BCUT2D eigenvalue weighted by Gasteiger charge is 2.07. The first-order valence-corrected chi connectivity index (χ1v) is 6.60. The minimum absolute atomic E-state index is 0.0482. The third-order valence-electron chi connectivity index (χ3n) is 2.94. The van der Waals surface area contributed by atoms with E-state index >= 15 is 0 Å². The number of halogens is 2. The van der Waals surface area contributed by atoms with Crippen molar-refractivity contribution in [3.8, 4) is 0 Å². The molecule has 0 nitrogen and oxygen atoms in total. The van der Waals surface area contributed by atoms with Crippen molar-refractivity contribution in [1.82, 2.24) is 0 Å². The largest absolute Gasteiger partial charge is 0.207 e. The maximum Gasteiger partial charge on any atom is 0.123 e. The molecule has 2 aromatic carbocycles. The number of benzene rings is 2. The second-order valence-electron chi connectivity index (χ2n) is 4.46. The zero-order chi connectivity index (χ0) is 12.8. The summed E-state index contributed by atoms with van der Waals surface area (Å²) in [6, 6.07) is 16.9. The van der Waals surface area contributed by atoms with Crippen molar-refractivity contribution >= 4 is 11.6 Å². The monoisotopic (exact) mass is 262 g/mol. The minimum Gasteiger partial charge on any atom is -0.207 e. The molecule has 0 aromatic heterocycles. The average molecular weight is 263 g/mol. The van der Waals surface area contributed by atoms with Crippen molar-refractivity contribution in [3.63, 3.8) is 0 Å². The molecule has 1 atom stereocenters. The molecule has 2 heteroatoms.